The van der Waals surface area contributed by atoms with Crippen molar-refractivity contribution < 1.29 is 18.0 Å². The summed E-state index contributed by atoms with van der Waals surface area (Å²) in [6.07, 6.45) is 3.92. The van der Waals surface area contributed by atoms with Crippen molar-refractivity contribution in [2.45, 2.75) is 38.1 Å². The number of sulfonamides is 1. The number of anilines is 2. The molecule has 1 aliphatic heterocycles. The first-order chi connectivity index (χ1) is 17.1. The van der Waals surface area contributed by atoms with Crippen molar-refractivity contribution in [1.82, 2.24) is 10.3 Å². The molecule has 1 aromatic heterocycles. The highest BCUT2D eigenvalue weighted by atomic mass is 35.5. The fraction of sp³-hybridized carbons (Fsp3) is 0.269. The molecule has 2 aromatic carbocycles. The number of para-hydroxylation sites is 2. The van der Waals surface area contributed by atoms with Gasteiger partial charge in [-0.2, -0.15) is 0 Å². The molecule has 1 aliphatic rings. The lowest BCUT2D eigenvalue weighted by Crippen LogP contribution is -2.57. The normalized spacial score (nSPS) is 16.2. The lowest BCUT2D eigenvalue weighted by Gasteiger charge is -2.39. The number of rotatable bonds is 7. The van der Waals surface area contributed by atoms with Crippen LogP contribution < -0.4 is 14.9 Å². The zero-order chi connectivity index (χ0) is 26.0. The number of nitrogens with zero attached hydrogens (tertiary/aromatic N) is 2. The summed E-state index contributed by atoms with van der Waals surface area (Å²) in [5, 5.41) is 6.04. The third-order valence-corrected chi connectivity index (χ3v) is 8.61. The van der Waals surface area contributed by atoms with E-state index in [0.29, 0.717) is 40.5 Å². The highest BCUT2D eigenvalue weighted by Crippen LogP contribution is 2.39. The summed E-state index contributed by atoms with van der Waals surface area (Å²) >= 11 is 6.21. The van der Waals surface area contributed by atoms with Gasteiger partial charge < -0.3 is 10.6 Å². The molecule has 10 heteroatoms. The molecular weight excluding hydrogens is 500 g/mol. The van der Waals surface area contributed by atoms with Gasteiger partial charge in [-0.25, -0.2) is 8.42 Å². The molecule has 4 rings (SSSR count). The van der Waals surface area contributed by atoms with Crippen LogP contribution in [0.2, 0.25) is 5.02 Å². The first-order valence-corrected chi connectivity index (χ1v) is 13.3. The smallest absolute Gasteiger partial charge is 0.265 e. The molecule has 0 saturated carbocycles. The Hall–Kier alpha value is -3.43. The maximum atomic E-state index is 14.1. The van der Waals surface area contributed by atoms with Crippen molar-refractivity contribution in [2.75, 3.05) is 16.2 Å². The molecule has 2 atom stereocenters. The van der Waals surface area contributed by atoms with Gasteiger partial charge in [0.15, 0.2) is 0 Å². The third kappa shape index (κ3) is 4.94. The molecular formula is C26H27ClN4O4S. The standard InChI is InChI=1S/C26H27ClN4O4S/c1-16-15-23(17(2)14-20(16)27)36(34,35)31-22-7-5-4-6-21(22)30-26(33)24(31)18(3)25(32)29-13-10-19-8-11-28-12-9-19/h4-9,11-12,14-15,18,24H,10,13H2,1-3H3,(H,29,32)(H,30,33). The van der Waals surface area contributed by atoms with E-state index in [2.05, 4.69) is 15.6 Å². The summed E-state index contributed by atoms with van der Waals surface area (Å²) in [7, 11) is -4.24. The first-order valence-electron chi connectivity index (χ1n) is 11.5. The Morgan fingerprint density at radius 1 is 1.14 bits per heavy atom. The van der Waals surface area contributed by atoms with E-state index in [4.69, 9.17) is 11.6 Å². The topological polar surface area (TPSA) is 108 Å². The molecule has 0 aliphatic carbocycles. The van der Waals surface area contributed by atoms with Gasteiger partial charge in [0.05, 0.1) is 22.2 Å². The van der Waals surface area contributed by atoms with Crippen molar-refractivity contribution in [3.05, 3.63) is 82.6 Å². The zero-order valence-electron chi connectivity index (χ0n) is 20.2. The average Bonchev–Trinajstić information content (AvgIpc) is 2.85. The maximum absolute atomic E-state index is 14.1. The number of hydrogen-bond donors (Lipinski definition) is 2. The van der Waals surface area contributed by atoms with Crippen molar-refractivity contribution in [3.8, 4) is 0 Å². The lowest BCUT2D eigenvalue weighted by molar-refractivity contribution is -0.129. The number of aromatic nitrogens is 1. The Labute approximate surface area is 215 Å². The van der Waals surface area contributed by atoms with Crippen molar-refractivity contribution in [3.63, 3.8) is 0 Å². The van der Waals surface area contributed by atoms with Crippen LogP contribution in [0.25, 0.3) is 0 Å². The number of fused-ring (bicyclic) bond motifs is 1. The minimum atomic E-state index is -4.24. The lowest BCUT2D eigenvalue weighted by atomic mass is 9.97. The number of hydrogen-bond acceptors (Lipinski definition) is 5. The van der Waals surface area contributed by atoms with Gasteiger partial charge in [-0.15, -0.1) is 0 Å². The van der Waals surface area contributed by atoms with Crippen molar-refractivity contribution in [2.24, 2.45) is 5.92 Å². The number of carbonyl (C=O) groups is 2. The summed E-state index contributed by atoms with van der Waals surface area (Å²) in [5.41, 5.74) is 2.69. The summed E-state index contributed by atoms with van der Waals surface area (Å²) < 4.78 is 29.2. The van der Waals surface area contributed by atoms with E-state index in [1.54, 1.807) is 63.5 Å². The Bertz CT molecular complexity index is 1410. The molecule has 0 bridgehead atoms. The number of benzene rings is 2. The predicted molar refractivity (Wildman–Crippen MR) is 140 cm³/mol. The van der Waals surface area contributed by atoms with Crippen LogP contribution in [0.5, 0.6) is 0 Å². The highest BCUT2D eigenvalue weighted by Gasteiger charge is 2.46. The highest BCUT2D eigenvalue weighted by molar-refractivity contribution is 7.93. The van der Waals surface area contributed by atoms with E-state index in [-0.39, 0.29) is 4.90 Å². The van der Waals surface area contributed by atoms with E-state index in [9.17, 15) is 18.0 Å². The summed E-state index contributed by atoms with van der Waals surface area (Å²) in [6.45, 7) is 5.26. The molecule has 0 fully saturated rings. The van der Waals surface area contributed by atoms with Gasteiger partial charge >= 0.3 is 0 Å². The Balaban J connectivity index is 1.70. The van der Waals surface area contributed by atoms with Gasteiger partial charge in [-0.1, -0.05) is 30.7 Å². The molecule has 36 heavy (non-hydrogen) atoms. The van der Waals surface area contributed by atoms with Crippen LogP contribution in [0.1, 0.15) is 23.6 Å². The minimum Gasteiger partial charge on any atom is -0.355 e. The average molecular weight is 527 g/mol. The van der Waals surface area contributed by atoms with Gasteiger partial charge in [-0.05, 0) is 73.4 Å². The molecule has 8 nitrogen and oxygen atoms in total. The largest absolute Gasteiger partial charge is 0.355 e. The fourth-order valence-corrected chi connectivity index (χ4v) is 6.48. The van der Waals surface area contributed by atoms with Crippen LogP contribution in [0.3, 0.4) is 0 Å². The van der Waals surface area contributed by atoms with Crippen LogP contribution in [-0.4, -0.2) is 37.8 Å². The quantitative estimate of drug-likeness (QED) is 0.486. The van der Waals surface area contributed by atoms with E-state index >= 15 is 0 Å². The Morgan fingerprint density at radius 3 is 2.56 bits per heavy atom. The summed E-state index contributed by atoms with van der Waals surface area (Å²) in [6, 6.07) is 12.1. The number of halogens is 1. The van der Waals surface area contributed by atoms with E-state index in [1.165, 1.54) is 6.07 Å². The fourth-order valence-electron chi connectivity index (χ4n) is 4.27. The van der Waals surface area contributed by atoms with E-state index in [1.807, 2.05) is 12.1 Å². The van der Waals surface area contributed by atoms with Crippen LogP contribution in [0.4, 0.5) is 11.4 Å². The van der Waals surface area contributed by atoms with Gasteiger partial charge in [0.2, 0.25) is 11.8 Å². The van der Waals surface area contributed by atoms with Gasteiger partial charge in [0.25, 0.3) is 10.0 Å². The summed E-state index contributed by atoms with van der Waals surface area (Å²) in [4.78, 5) is 30.4. The SMILES string of the molecule is Cc1cc(S(=O)(=O)N2c3ccccc3NC(=O)C2C(C)C(=O)NCCc2ccncc2)c(C)cc1Cl. The Morgan fingerprint density at radius 2 is 1.83 bits per heavy atom. The molecule has 2 unspecified atom stereocenters. The maximum Gasteiger partial charge on any atom is 0.265 e. The number of amides is 2. The monoisotopic (exact) mass is 526 g/mol. The number of aryl methyl sites for hydroxylation is 2. The van der Waals surface area contributed by atoms with Gasteiger partial charge in [-0.3, -0.25) is 18.9 Å². The van der Waals surface area contributed by atoms with Gasteiger partial charge in [0, 0.05) is 24.0 Å². The number of nitrogens with one attached hydrogen (secondary N) is 2. The number of carbonyl (C=O) groups excluding carboxylic acids is 2. The molecule has 2 N–H and O–H groups in total. The number of pyridine rings is 1. The van der Waals surface area contributed by atoms with E-state index in [0.717, 1.165) is 9.87 Å². The second-order valence-electron chi connectivity index (χ2n) is 8.80. The van der Waals surface area contributed by atoms with E-state index < -0.39 is 33.8 Å². The molecule has 3 aromatic rings. The first kappa shape index (κ1) is 25.7. The molecule has 188 valence electrons. The minimum absolute atomic E-state index is 0.0317. The molecule has 2 heterocycles. The molecule has 0 spiro atoms. The van der Waals surface area contributed by atoms with Crippen LogP contribution >= 0.6 is 11.6 Å². The molecule has 0 radical (unpaired) electrons. The summed E-state index contributed by atoms with van der Waals surface area (Å²) in [5.74, 6) is -1.97. The molecule has 0 saturated heterocycles. The van der Waals surface area contributed by atoms with Crippen molar-refractivity contribution in [1.29, 1.82) is 0 Å². The third-order valence-electron chi connectivity index (χ3n) is 6.26. The predicted octanol–water partition coefficient (Wildman–Crippen LogP) is 3.86. The van der Waals surface area contributed by atoms with Crippen LogP contribution in [0.15, 0.2) is 65.8 Å². The molecule has 2 amide bonds. The van der Waals surface area contributed by atoms with Gasteiger partial charge in [0.1, 0.15) is 6.04 Å². The van der Waals surface area contributed by atoms with Crippen LogP contribution in [-0.2, 0) is 26.0 Å². The zero-order valence-corrected chi connectivity index (χ0v) is 21.7. The second-order valence-corrected chi connectivity index (χ2v) is 11.0. The second kappa shape index (κ2) is 10.3. The Kier molecular flexibility index (Phi) is 7.33. The van der Waals surface area contributed by atoms with Crippen molar-refractivity contribution >= 4 is 44.8 Å². The van der Waals surface area contributed by atoms with Crippen LogP contribution in [0, 0.1) is 19.8 Å².